The molecule has 1 atom stereocenters. The summed E-state index contributed by atoms with van der Waals surface area (Å²) in [5.41, 5.74) is 0.720. The highest BCUT2D eigenvalue weighted by atomic mass is 19.1. The number of alkyl halides is 1. The molecule has 1 heterocycles. The van der Waals surface area contributed by atoms with Crippen LogP contribution in [0.2, 0.25) is 0 Å². The lowest BCUT2D eigenvalue weighted by Crippen LogP contribution is -2.18. The number of hydrogen-bond donors (Lipinski definition) is 2. The Kier molecular flexibility index (Phi) is 6.93. The van der Waals surface area contributed by atoms with Gasteiger partial charge in [-0.2, -0.15) is 5.26 Å². The van der Waals surface area contributed by atoms with Crippen LogP contribution in [0.25, 0.3) is 0 Å². The van der Waals surface area contributed by atoms with Crippen LogP contribution < -0.4 is 0 Å². The van der Waals surface area contributed by atoms with Crippen molar-refractivity contribution in [1.82, 2.24) is 4.98 Å². The van der Waals surface area contributed by atoms with Crippen molar-refractivity contribution in [1.29, 1.82) is 5.26 Å². The molecule has 2 aromatic rings. The van der Waals surface area contributed by atoms with Crippen LogP contribution in [-0.4, -0.2) is 22.4 Å². The van der Waals surface area contributed by atoms with Crippen LogP contribution in [-0.2, 0) is 4.65 Å². The summed E-state index contributed by atoms with van der Waals surface area (Å²) < 4.78 is 16.9. The number of nitrogens with zero attached hydrogens (tertiary/aromatic N) is 2. The quantitative estimate of drug-likeness (QED) is 0.830. The van der Waals surface area contributed by atoms with Crippen molar-refractivity contribution in [3.8, 4) is 6.07 Å². The standard InChI is InChI=1S/C7H8BFO3.C6H4N2/c9-7(12-8(10)11)6-4-2-1-3-5-6;7-5-6-3-1-2-4-8-6/h1-5,7,10-11H;1-4H. The van der Waals surface area contributed by atoms with E-state index in [1.807, 2.05) is 6.07 Å². The van der Waals surface area contributed by atoms with Gasteiger partial charge < -0.3 is 14.7 Å². The average Bonchev–Trinajstić information content (AvgIpc) is 2.49. The SMILES string of the molecule is N#Cc1ccccn1.OB(O)OC(F)c1ccccc1. The normalized spacial score (nSPS) is 10.7. The highest BCUT2D eigenvalue weighted by Crippen LogP contribution is 2.17. The predicted octanol–water partition coefficient (Wildman–Crippen LogP) is 1.59. The first-order chi connectivity index (χ1) is 9.63. The third-order valence-corrected chi connectivity index (χ3v) is 2.08. The molecule has 1 aromatic heterocycles. The minimum Gasteiger partial charge on any atom is -0.402 e. The lowest BCUT2D eigenvalue weighted by molar-refractivity contribution is 0.0204. The number of hydrogen-bond acceptors (Lipinski definition) is 5. The van der Waals surface area contributed by atoms with Gasteiger partial charge >= 0.3 is 7.32 Å². The summed E-state index contributed by atoms with van der Waals surface area (Å²) in [6, 6.07) is 15.1. The minimum atomic E-state index is -2.08. The van der Waals surface area contributed by atoms with E-state index in [2.05, 4.69) is 9.64 Å². The van der Waals surface area contributed by atoms with Crippen LogP contribution >= 0.6 is 0 Å². The fourth-order valence-electron chi connectivity index (χ4n) is 1.22. The summed E-state index contributed by atoms with van der Waals surface area (Å²) in [7, 11) is -2.08. The Bertz CT molecular complexity index is 534. The number of benzene rings is 1. The Morgan fingerprint density at radius 1 is 1.15 bits per heavy atom. The maximum atomic E-state index is 12.8. The van der Waals surface area contributed by atoms with Crippen LogP contribution in [0.3, 0.4) is 0 Å². The Labute approximate surface area is 116 Å². The number of halogens is 1. The van der Waals surface area contributed by atoms with E-state index < -0.39 is 13.7 Å². The van der Waals surface area contributed by atoms with Crippen LogP contribution in [0, 0.1) is 11.3 Å². The molecule has 0 radical (unpaired) electrons. The fraction of sp³-hybridized carbons (Fsp3) is 0.0769. The third-order valence-electron chi connectivity index (χ3n) is 2.08. The number of aromatic nitrogens is 1. The molecule has 20 heavy (non-hydrogen) atoms. The van der Waals surface area contributed by atoms with Gasteiger partial charge in [0.1, 0.15) is 11.8 Å². The first-order valence-corrected chi connectivity index (χ1v) is 5.65. The Morgan fingerprint density at radius 2 is 1.80 bits per heavy atom. The van der Waals surface area contributed by atoms with Gasteiger partial charge in [-0.25, -0.2) is 9.37 Å². The van der Waals surface area contributed by atoms with Gasteiger partial charge in [-0.3, -0.25) is 0 Å². The highest BCUT2D eigenvalue weighted by molar-refractivity contribution is 6.32. The van der Waals surface area contributed by atoms with Crippen molar-refractivity contribution in [3.63, 3.8) is 0 Å². The van der Waals surface area contributed by atoms with Gasteiger partial charge in [0, 0.05) is 11.8 Å². The summed E-state index contributed by atoms with van der Waals surface area (Å²) >= 11 is 0. The van der Waals surface area contributed by atoms with E-state index in [1.165, 1.54) is 12.1 Å². The van der Waals surface area contributed by atoms with Gasteiger partial charge in [0.25, 0.3) is 0 Å². The van der Waals surface area contributed by atoms with Crippen molar-refractivity contribution < 1.29 is 19.1 Å². The van der Waals surface area contributed by atoms with E-state index >= 15 is 0 Å². The van der Waals surface area contributed by atoms with E-state index in [0.29, 0.717) is 5.69 Å². The minimum absolute atomic E-state index is 0.255. The van der Waals surface area contributed by atoms with Crippen LogP contribution in [0.4, 0.5) is 4.39 Å². The van der Waals surface area contributed by atoms with Gasteiger partial charge in [0.15, 0.2) is 0 Å². The monoisotopic (exact) mass is 274 g/mol. The molecule has 0 amide bonds. The summed E-state index contributed by atoms with van der Waals surface area (Å²) in [6.07, 6.45) is -0.204. The molecule has 0 saturated heterocycles. The van der Waals surface area contributed by atoms with Crippen molar-refractivity contribution >= 4 is 7.32 Å². The van der Waals surface area contributed by atoms with Crippen molar-refractivity contribution in [2.24, 2.45) is 0 Å². The summed E-state index contributed by atoms with van der Waals surface area (Å²) in [6.45, 7) is 0. The molecular weight excluding hydrogens is 262 g/mol. The lowest BCUT2D eigenvalue weighted by atomic mass is 10.2. The maximum Gasteiger partial charge on any atom is 0.636 e. The second-order valence-corrected chi connectivity index (χ2v) is 3.52. The van der Waals surface area contributed by atoms with E-state index in [9.17, 15) is 4.39 Å². The van der Waals surface area contributed by atoms with Gasteiger partial charge in [0.2, 0.25) is 6.36 Å². The fourth-order valence-corrected chi connectivity index (χ4v) is 1.22. The largest absolute Gasteiger partial charge is 0.636 e. The van der Waals surface area contributed by atoms with Crippen molar-refractivity contribution in [2.45, 2.75) is 6.36 Å². The van der Waals surface area contributed by atoms with E-state index in [0.717, 1.165) is 0 Å². The number of pyridine rings is 1. The van der Waals surface area contributed by atoms with Gasteiger partial charge in [-0.15, -0.1) is 0 Å². The molecule has 7 heteroatoms. The van der Waals surface area contributed by atoms with E-state index in [1.54, 1.807) is 42.6 Å². The molecule has 0 spiro atoms. The average molecular weight is 274 g/mol. The van der Waals surface area contributed by atoms with E-state index in [-0.39, 0.29) is 5.56 Å². The molecule has 1 unspecified atom stereocenters. The summed E-state index contributed by atoms with van der Waals surface area (Å²) in [5.74, 6) is 0. The molecule has 5 nitrogen and oxygen atoms in total. The lowest BCUT2D eigenvalue weighted by Gasteiger charge is -2.08. The Morgan fingerprint density at radius 3 is 2.25 bits per heavy atom. The zero-order valence-electron chi connectivity index (χ0n) is 10.4. The number of nitriles is 1. The van der Waals surface area contributed by atoms with E-state index in [4.69, 9.17) is 15.3 Å². The van der Waals surface area contributed by atoms with Gasteiger partial charge in [0.05, 0.1) is 0 Å². The third kappa shape index (κ3) is 6.06. The molecule has 2 rings (SSSR count). The molecular formula is C13H12BFN2O3. The van der Waals surface area contributed by atoms with Gasteiger partial charge in [-0.05, 0) is 12.1 Å². The maximum absolute atomic E-state index is 12.8. The summed E-state index contributed by atoms with van der Waals surface area (Å²) in [4.78, 5) is 3.74. The van der Waals surface area contributed by atoms with Gasteiger partial charge in [-0.1, -0.05) is 36.4 Å². The van der Waals surface area contributed by atoms with Crippen molar-refractivity contribution in [2.75, 3.05) is 0 Å². The molecule has 0 saturated carbocycles. The topological polar surface area (TPSA) is 86.4 Å². The molecule has 0 aliphatic rings. The summed E-state index contributed by atoms with van der Waals surface area (Å²) in [5, 5.41) is 24.8. The predicted molar refractivity (Wildman–Crippen MR) is 70.5 cm³/mol. The second-order valence-electron chi connectivity index (χ2n) is 3.52. The molecule has 0 aliphatic carbocycles. The Hall–Kier alpha value is -2.27. The van der Waals surface area contributed by atoms with Crippen LogP contribution in [0.1, 0.15) is 17.6 Å². The van der Waals surface area contributed by atoms with Crippen LogP contribution in [0.15, 0.2) is 54.7 Å². The molecule has 0 aliphatic heterocycles. The van der Waals surface area contributed by atoms with Crippen molar-refractivity contribution in [3.05, 3.63) is 66.0 Å². The molecule has 102 valence electrons. The first kappa shape index (κ1) is 15.8. The number of rotatable bonds is 3. The highest BCUT2D eigenvalue weighted by Gasteiger charge is 2.18. The molecule has 2 N–H and O–H groups in total. The molecule has 0 fully saturated rings. The molecule has 1 aromatic carbocycles. The van der Waals surface area contributed by atoms with Crippen LogP contribution in [0.5, 0.6) is 0 Å². The zero-order valence-corrected chi connectivity index (χ0v) is 10.4. The Balaban J connectivity index is 0.000000217. The molecule has 0 bridgehead atoms. The second kappa shape index (κ2) is 8.77. The first-order valence-electron chi connectivity index (χ1n) is 5.65. The zero-order chi connectivity index (χ0) is 14.8. The smallest absolute Gasteiger partial charge is 0.402 e.